The van der Waals surface area contributed by atoms with E-state index < -0.39 is 0 Å². The van der Waals surface area contributed by atoms with E-state index in [1.54, 1.807) is 0 Å². The van der Waals surface area contributed by atoms with Crippen molar-refractivity contribution in [1.29, 1.82) is 0 Å². The van der Waals surface area contributed by atoms with Crippen LogP contribution in [0.15, 0.2) is 53.0 Å². The molecular formula is C19H20BrNO. The number of carbonyl (C=O) groups excluding carboxylic acids is 1. The van der Waals surface area contributed by atoms with Crippen LogP contribution in [0.3, 0.4) is 0 Å². The van der Waals surface area contributed by atoms with Crippen molar-refractivity contribution in [1.82, 2.24) is 4.90 Å². The number of halogens is 1. The van der Waals surface area contributed by atoms with Crippen molar-refractivity contribution in [3.8, 4) is 0 Å². The molecule has 0 aliphatic carbocycles. The number of likely N-dealkylation sites (tertiary alicyclic amines) is 1. The first-order valence-electron chi connectivity index (χ1n) is 7.84. The molecule has 0 aromatic heterocycles. The Morgan fingerprint density at radius 3 is 2.36 bits per heavy atom. The van der Waals surface area contributed by atoms with Gasteiger partial charge in [-0.25, -0.2) is 0 Å². The van der Waals surface area contributed by atoms with Gasteiger partial charge in [0.2, 0.25) is 0 Å². The predicted octanol–water partition coefficient (Wildman–Crippen LogP) is 4.67. The lowest BCUT2D eigenvalue weighted by molar-refractivity contribution is 0.103. The molecule has 0 bridgehead atoms. The maximum absolute atomic E-state index is 12.5. The zero-order chi connectivity index (χ0) is 15.4. The van der Waals surface area contributed by atoms with Crippen molar-refractivity contribution >= 4 is 21.7 Å². The van der Waals surface area contributed by atoms with Crippen LogP contribution in [0, 0.1) is 0 Å². The summed E-state index contributed by atoms with van der Waals surface area (Å²) in [4.78, 5) is 15.0. The Morgan fingerprint density at radius 1 is 0.955 bits per heavy atom. The molecule has 0 radical (unpaired) electrons. The number of ketones is 1. The van der Waals surface area contributed by atoms with Crippen LogP contribution in [0.4, 0.5) is 0 Å². The summed E-state index contributed by atoms with van der Waals surface area (Å²) in [5.74, 6) is 0.0748. The molecule has 3 heteroatoms. The van der Waals surface area contributed by atoms with Crippen LogP contribution < -0.4 is 0 Å². The Kier molecular flexibility index (Phi) is 5.06. The number of benzene rings is 2. The third kappa shape index (κ3) is 3.84. The van der Waals surface area contributed by atoms with Gasteiger partial charge in [0, 0.05) is 22.1 Å². The quantitative estimate of drug-likeness (QED) is 0.741. The van der Waals surface area contributed by atoms with Crippen molar-refractivity contribution in [3.63, 3.8) is 0 Å². The molecule has 0 saturated carbocycles. The van der Waals surface area contributed by atoms with Crippen LogP contribution in [0.25, 0.3) is 0 Å². The predicted molar refractivity (Wildman–Crippen MR) is 93.1 cm³/mol. The first-order chi connectivity index (χ1) is 10.7. The van der Waals surface area contributed by atoms with Gasteiger partial charge in [0.15, 0.2) is 5.78 Å². The summed E-state index contributed by atoms with van der Waals surface area (Å²) in [5, 5.41) is 0. The Labute approximate surface area is 140 Å². The molecule has 22 heavy (non-hydrogen) atoms. The molecule has 114 valence electrons. The molecule has 0 unspecified atom stereocenters. The third-order valence-corrected chi connectivity index (χ3v) is 4.65. The van der Waals surface area contributed by atoms with Crippen LogP contribution in [-0.4, -0.2) is 23.8 Å². The van der Waals surface area contributed by atoms with E-state index in [-0.39, 0.29) is 5.78 Å². The lowest BCUT2D eigenvalue weighted by Gasteiger charge is -2.26. The molecule has 2 aromatic carbocycles. The molecule has 2 aromatic rings. The van der Waals surface area contributed by atoms with Crippen LogP contribution in [-0.2, 0) is 6.54 Å². The van der Waals surface area contributed by atoms with Crippen LogP contribution in [0.5, 0.6) is 0 Å². The van der Waals surface area contributed by atoms with E-state index in [2.05, 4.69) is 33.0 Å². The lowest BCUT2D eigenvalue weighted by Crippen LogP contribution is -2.29. The Morgan fingerprint density at radius 2 is 1.68 bits per heavy atom. The SMILES string of the molecule is O=C(c1ccc(CN2CCCCC2)cc1)c1cccc(Br)c1. The number of nitrogens with zero attached hydrogens (tertiary/aromatic N) is 1. The lowest BCUT2D eigenvalue weighted by atomic mass is 10.0. The smallest absolute Gasteiger partial charge is 0.193 e. The minimum Gasteiger partial charge on any atom is -0.299 e. The fourth-order valence-electron chi connectivity index (χ4n) is 2.93. The molecule has 1 aliphatic heterocycles. The number of rotatable bonds is 4. The van der Waals surface area contributed by atoms with Crippen LogP contribution in [0.2, 0.25) is 0 Å². The van der Waals surface area contributed by atoms with Gasteiger partial charge in [-0.1, -0.05) is 58.7 Å². The van der Waals surface area contributed by atoms with Gasteiger partial charge in [-0.2, -0.15) is 0 Å². The van der Waals surface area contributed by atoms with E-state index in [1.807, 2.05) is 36.4 Å². The minimum absolute atomic E-state index is 0.0748. The highest BCUT2D eigenvalue weighted by atomic mass is 79.9. The van der Waals surface area contributed by atoms with E-state index in [0.717, 1.165) is 22.1 Å². The van der Waals surface area contributed by atoms with E-state index in [9.17, 15) is 4.79 Å². The van der Waals surface area contributed by atoms with E-state index in [4.69, 9.17) is 0 Å². The first-order valence-corrected chi connectivity index (χ1v) is 8.63. The molecule has 0 N–H and O–H groups in total. The molecular weight excluding hydrogens is 338 g/mol. The fourth-order valence-corrected chi connectivity index (χ4v) is 3.33. The van der Waals surface area contributed by atoms with Gasteiger partial charge < -0.3 is 0 Å². The van der Waals surface area contributed by atoms with Gasteiger partial charge in [0.1, 0.15) is 0 Å². The van der Waals surface area contributed by atoms with Gasteiger partial charge in [0.05, 0.1) is 0 Å². The molecule has 2 nitrogen and oxygen atoms in total. The summed E-state index contributed by atoms with van der Waals surface area (Å²) in [6, 6.07) is 15.6. The summed E-state index contributed by atoms with van der Waals surface area (Å²) in [5.41, 5.74) is 2.76. The number of hydrogen-bond acceptors (Lipinski definition) is 2. The monoisotopic (exact) mass is 357 g/mol. The van der Waals surface area contributed by atoms with E-state index in [0.29, 0.717) is 0 Å². The van der Waals surface area contributed by atoms with Gasteiger partial charge in [0.25, 0.3) is 0 Å². The second kappa shape index (κ2) is 7.21. The average molecular weight is 358 g/mol. The number of carbonyl (C=O) groups is 1. The fraction of sp³-hybridized carbons (Fsp3) is 0.316. The summed E-state index contributed by atoms with van der Waals surface area (Å²) in [6.45, 7) is 3.38. The normalized spacial score (nSPS) is 15.7. The molecule has 3 rings (SSSR count). The van der Waals surface area contributed by atoms with Crippen LogP contribution >= 0.6 is 15.9 Å². The molecule has 0 amide bonds. The molecule has 0 atom stereocenters. The highest BCUT2D eigenvalue weighted by Gasteiger charge is 2.12. The highest BCUT2D eigenvalue weighted by Crippen LogP contribution is 2.17. The highest BCUT2D eigenvalue weighted by molar-refractivity contribution is 9.10. The Balaban J connectivity index is 1.69. The Bertz CT molecular complexity index is 645. The average Bonchev–Trinajstić information content (AvgIpc) is 2.56. The van der Waals surface area contributed by atoms with Gasteiger partial charge in [-0.15, -0.1) is 0 Å². The first kappa shape index (κ1) is 15.4. The maximum Gasteiger partial charge on any atom is 0.193 e. The van der Waals surface area contributed by atoms with E-state index >= 15 is 0 Å². The molecule has 1 heterocycles. The van der Waals surface area contributed by atoms with Crippen molar-refractivity contribution in [2.75, 3.05) is 13.1 Å². The van der Waals surface area contributed by atoms with E-state index in [1.165, 1.54) is 37.9 Å². The zero-order valence-corrected chi connectivity index (χ0v) is 14.2. The molecule has 0 spiro atoms. The summed E-state index contributed by atoms with van der Waals surface area (Å²) < 4.78 is 0.931. The second-order valence-corrected chi connectivity index (χ2v) is 6.79. The van der Waals surface area contributed by atoms with Crippen molar-refractivity contribution < 1.29 is 4.79 Å². The second-order valence-electron chi connectivity index (χ2n) is 5.87. The summed E-state index contributed by atoms with van der Waals surface area (Å²) >= 11 is 3.41. The van der Waals surface area contributed by atoms with Gasteiger partial charge in [-0.3, -0.25) is 9.69 Å². The van der Waals surface area contributed by atoms with Gasteiger partial charge >= 0.3 is 0 Å². The van der Waals surface area contributed by atoms with Crippen molar-refractivity contribution in [2.24, 2.45) is 0 Å². The Hall–Kier alpha value is -1.45. The topological polar surface area (TPSA) is 20.3 Å². The van der Waals surface area contributed by atoms with Crippen molar-refractivity contribution in [2.45, 2.75) is 25.8 Å². The van der Waals surface area contributed by atoms with Gasteiger partial charge in [-0.05, 0) is 43.6 Å². The number of hydrogen-bond donors (Lipinski definition) is 0. The zero-order valence-electron chi connectivity index (χ0n) is 12.6. The minimum atomic E-state index is 0.0748. The standard InChI is InChI=1S/C19H20BrNO/c20-18-6-4-5-17(13-18)19(22)16-9-7-15(8-10-16)14-21-11-2-1-3-12-21/h4-10,13H,1-3,11-12,14H2. The third-order valence-electron chi connectivity index (χ3n) is 4.16. The maximum atomic E-state index is 12.5. The largest absolute Gasteiger partial charge is 0.299 e. The number of piperidine rings is 1. The summed E-state index contributed by atoms with van der Waals surface area (Å²) in [7, 11) is 0. The van der Waals surface area contributed by atoms with Crippen molar-refractivity contribution in [3.05, 3.63) is 69.7 Å². The molecule has 1 saturated heterocycles. The molecule has 1 fully saturated rings. The summed E-state index contributed by atoms with van der Waals surface area (Å²) in [6.07, 6.45) is 3.97. The van der Waals surface area contributed by atoms with Crippen LogP contribution in [0.1, 0.15) is 40.7 Å². The molecule has 1 aliphatic rings.